The maximum atomic E-state index is 10.5. The molecule has 4 nitrogen and oxygen atoms in total. The second-order valence-corrected chi connectivity index (χ2v) is 8.30. The third kappa shape index (κ3) is 4.85. The van der Waals surface area contributed by atoms with E-state index in [0.717, 1.165) is 38.8 Å². The Balaban J connectivity index is 2.25. The highest BCUT2D eigenvalue weighted by atomic mass is 16.5. The van der Waals surface area contributed by atoms with Crippen molar-refractivity contribution in [3.8, 4) is 0 Å². The van der Waals surface area contributed by atoms with E-state index in [-0.39, 0.29) is 12.0 Å². The predicted octanol–water partition coefficient (Wildman–Crippen LogP) is 4.24. The van der Waals surface area contributed by atoms with E-state index in [1.54, 1.807) is 7.11 Å². The van der Waals surface area contributed by atoms with Crippen molar-refractivity contribution in [2.24, 2.45) is 22.4 Å². The van der Waals surface area contributed by atoms with Gasteiger partial charge in [0.2, 0.25) is 0 Å². The summed E-state index contributed by atoms with van der Waals surface area (Å²) in [6, 6.07) is 0.383. The Kier molecular flexibility index (Phi) is 7.95. The molecule has 25 heavy (non-hydrogen) atoms. The van der Waals surface area contributed by atoms with Gasteiger partial charge in [-0.3, -0.25) is 5.01 Å². The third-order valence-electron chi connectivity index (χ3n) is 6.15. The minimum absolute atomic E-state index is 0.184. The first-order valence-electron chi connectivity index (χ1n) is 10.1. The summed E-state index contributed by atoms with van der Waals surface area (Å²) >= 11 is 0. The van der Waals surface area contributed by atoms with Gasteiger partial charge >= 0.3 is 0 Å². The van der Waals surface area contributed by atoms with Gasteiger partial charge in [-0.25, -0.2) is 0 Å². The van der Waals surface area contributed by atoms with Crippen molar-refractivity contribution in [2.45, 2.75) is 71.3 Å². The predicted molar refractivity (Wildman–Crippen MR) is 105 cm³/mol. The molecule has 1 aliphatic heterocycles. The van der Waals surface area contributed by atoms with Gasteiger partial charge < -0.3 is 9.84 Å². The topological polar surface area (TPSA) is 45.1 Å². The molecular weight excluding hydrogens is 312 g/mol. The zero-order valence-corrected chi connectivity index (χ0v) is 16.5. The largest absolute Gasteiger partial charge is 0.395 e. The van der Waals surface area contributed by atoms with Crippen LogP contribution in [0, 0.1) is 17.3 Å². The maximum absolute atomic E-state index is 10.5. The van der Waals surface area contributed by atoms with Gasteiger partial charge in [-0.2, -0.15) is 5.10 Å². The molecule has 1 heterocycles. The molecule has 4 heteroatoms. The smallest absolute Gasteiger partial charge is 0.0704 e. The van der Waals surface area contributed by atoms with Crippen molar-refractivity contribution >= 4 is 5.71 Å². The Labute approximate surface area is 154 Å². The fraction of sp³-hybridized carbons (Fsp3) is 0.857. The number of aliphatic hydroxyl groups excluding tert-OH is 1. The molecular formula is C21H38N2O2. The van der Waals surface area contributed by atoms with E-state index in [4.69, 9.17) is 9.84 Å². The van der Waals surface area contributed by atoms with Gasteiger partial charge in [-0.15, -0.1) is 6.58 Å². The molecule has 1 saturated carbocycles. The summed E-state index contributed by atoms with van der Waals surface area (Å²) in [5, 5.41) is 17.8. The first-order valence-corrected chi connectivity index (χ1v) is 10.1. The first kappa shape index (κ1) is 20.4. The molecule has 144 valence electrons. The highest BCUT2D eigenvalue weighted by Crippen LogP contribution is 2.44. The number of hydrogen-bond acceptors (Lipinski definition) is 4. The Morgan fingerprint density at radius 2 is 2.16 bits per heavy atom. The zero-order valence-electron chi connectivity index (χ0n) is 16.5. The van der Waals surface area contributed by atoms with Crippen LogP contribution in [0.25, 0.3) is 0 Å². The normalized spacial score (nSPS) is 30.2. The Morgan fingerprint density at radius 3 is 2.80 bits per heavy atom. The van der Waals surface area contributed by atoms with Crippen LogP contribution in [0.15, 0.2) is 17.8 Å². The summed E-state index contributed by atoms with van der Waals surface area (Å²) in [7, 11) is 1.77. The lowest BCUT2D eigenvalue weighted by Gasteiger charge is -2.43. The Hall–Kier alpha value is -0.870. The van der Waals surface area contributed by atoms with E-state index in [1.807, 2.05) is 0 Å². The van der Waals surface area contributed by atoms with Crippen molar-refractivity contribution in [3.63, 3.8) is 0 Å². The quantitative estimate of drug-likeness (QED) is 0.633. The minimum atomic E-state index is -0.213. The number of allylic oxidation sites excluding steroid dienone is 1. The third-order valence-corrected chi connectivity index (χ3v) is 6.15. The highest BCUT2D eigenvalue weighted by Gasteiger charge is 2.43. The molecule has 3 atom stereocenters. The van der Waals surface area contributed by atoms with E-state index >= 15 is 0 Å². The van der Waals surface area contributed by atoms with Gasteiger partial charge in [0.1, 0.15) is 0 Å². The molecule has 1 N–H and O–H groups in total. The maximum Gasteiger partial charge on any atom is 0.0704 e. The lowest BCUT2D eigenvalue weighted by molar-refractivity contribution is 0.101. The van der Waals surface area contributed by atoms with Crippen molar-refractivity contribution < 1.29 is 9.84 Å². The molecule has 0 aromatic heterocycles. The van der Waals surface area contributed by atoms with Crippen LogP contribution in [-0.4, -0.2) is 48.7 Å². The number of aliphatic hydroxyl groups is 1. The molecule has 0 unspecified atom stereocenters. The lowest BCUT2D eigenvalue weighted by Crippen LogP contribution is -2.45. The van der Waals surface area contributed by atoms with Crippen LogP contribution in [0.5, 0.6) is 0 Å². The number of rotatable bonds is 9. The van der Waals surface area contributed by atoms with Crippen LogP contribution in [0.2, 0.25) is 0 Å². The molecule has 1 aliphatic carbocycles. The summed E-state index contributed by atoms with van der Waals surface area (Å²) in [6.07, 6.45) is 11.0. The molecule has 0 aromatic rings. The minimum Gasteiger partial charge on any atom is -0.395 e. The molecule has 2 rings (SSSR count). The summed E-state index contributed by atoms with van der Waals surface area (Å²) in [5.74, 6) is 0.981. The number of hydrazone groups is 1. The monoisotopic (exact) mass is 350 g/mol. The summed E-state index contributed by atoms with van der Waals surface area (Å²) < 4.78 is 5.38. The molecule has 2 aliphatic rings. The summed E-state index contributed by atoms with van der Waals surface area (Å²) in [6.45, 7) is 10.6. The lowest BCUT2D eigenvalue weighted by atomic mass is 9.63. The Morgan fingerprint density at radius 1 is 1.36 bits per heavy atom. The average Bonchev–Trinajstić information content (AvgIpc) is 3.04. The number of methoxy groups -OCH3 is 1. The van der Waals surface area contributed by atoms with E-state index in [1.165, 1.54) is 31.4 Å². The Bertz CT molecular complexity index is 449. The van der Waals surface area contributed by atoms with Crippen molar-refractivity contribution in [1.29, 1.82) is 0 Å². The summed E-state index contributed by atoms with van der Waals surface area (Å²) in [4.78, 5) is 0. The molecule has 0 spiro atoms. The van der Waals surface area contributed by atoms with E-state index in [2.05, 4.69) is 31.5 Å². The van der Waals surface area contributed by atoms with Crippen LogP contribution in [0.4, 0.5) is 0 Å². The van der Waals surface area contributed by atoms with Crippen LogP contribution in [-0.2, 0) is 4.74 Å². The van der Waals surface area contributed by atoms with E-state index < -0.39 is 0 Å². The fourth-order valence-corrected chi connectivity index (χ4v) is 4.56. The van der Waals surface area contributed by atoms with Gasteiger partial charge in [-0.1, -0.05) is 32.8 Å². The number of hydrogen-bond donors (Lipinski definition) is 1. The molecule has 2 fully saturated rings. The fourth-order valence-electron chi connectivity index (χ4n) is 4.56. The second-order valence-electron chi connectivity index (χ2n) is 8.30. The van der Waals surface area contributed by atoms with Gasteiger partial charge in [0, 0.05) is 24.8 Å². The van der Waals surface area contributed by atoms with Crippen LogP contribution >= 0.6 is 0 Å². The van der Waals surface area contributed by atoms with Crippen molar-refractivity contribution in [2.75, 3.05) is 26.9 Å². The van der Waals surface area contributed by atoms with E-state index in [9.17, 15) is 5.11 Å². The standard InChI is InChI=1S/C21H38N2O2/c1-5-18(12-11-17(2)3)21(16-24)13-7-6-10-20(21)22-23-14-8-9-19(23)15-25-4/h5,17-19,24H,1,6-16H2,2-4H3/b22-20+/t18-,19+,21-/m1/s1. The molecule has 0 bridgehead atoms. The van der Waals surface area contributed by atoms with E-state index in [0.29, 0.717) is 17.9 Å². The van der Waals surface area contributed by atoms with Gasteiger partial charge in [-0.05, 0) is 50.4 Å². The molecule has 1 saturated heterocycles. The second kappa shape index (κ2) is 9.72. The van der Waals surface area contributed by atoms with Crippen LogP contribution in [0.3, 0.4) is 0 Å². The summed E-state index contributed by atoms with van der Waals surface area (Å²) in [5.41, 5.74) is 0.993. The first-order chi connectivity index (χ1) is 12.1. The number of nitrogens with zero attached hydrogens (tertiary/aromatic N) is 2. The zero-order chi connectivity index (χ0) is 18.3. The highest BCUT2D eigenvalue weighted by molar-refractivity contribution is 5.91. The van der Waals surface area contributed by atoms with Crippen molar-refractivity contribution in [1.82, 2.24) is 5.01 Å². The number of ether oxygens (including phenoxy) is 1. The molecule has 0 amide bonds. The van der Waals surface area contributed by atoms with Crippen molar-refractivity contribution in [3.05, 3.63) is 12.7 Å². The van der Waals surface area contributed by atoms with Gasteiger partial charge in [0.15, 0.2) is 0 Å². The molecule has 0 aromatic carbocycles. The average molecular weight is 351 g/mol. The van der Waals surface area contributed by atoms with Gasteiger partial charge in [0.25, 0.3) is 0 Å². The molecule has 0 radical (unpaired) electrons. The van der Waals surface area contributed by atoms with Crippen LogP contribution in [0.1, 0.15) is 65.2 Å². The van der Waals surface area contributed by atoms with Gasteiger partial charge in [0.05, 0.1) is 19.3 Å². The SMILES string of the molecule is C=C[C@H](CCC(C)C)[C@]1(CO)CCCC/C1=N\N1CCC[C@H]1COC. The van der Waals surface area contributed by atoms with Crippen LogP contribution < -0.4 is 0 Å².